The molecule has 1 fully saturated rings. The van der Waals surface area contributed by atoms with Gasteiger partial charge in [0.15, 0.2) is 5.11 Å². The van der Waals surface area contributed by atoms with Crippen LogP contribution in [0.5, 0.6) is 0 Å². The standard InChI is InChI=1S/C14H17ClN2OS/c1-10-6-8-17(9-7-10)14(19)16-13(18)11-4-2-3-5-12(11)15/h2-5,10H,6-9H2,1H3,(H,16,18,19). The van der Waals surface area contributed by atoms with Crippen molar-refractivity contribution in [3.63, 3.8) is 0 Å². The number of nitrogens with zero attached hydrogens (tertiary/aromatic N) is 1. The summed E-state index contributed by atoms with van der Waals surface area (Å²) in [5, 5.41) is 3.69. The van der Waals surface area contributed by atoms with E-state index in [-0.39, 0.29) is 5.91 Å². The zero-order chi connectivity index (χ0) is 13.8. The summed E-state index contributed by atoms with van der Waals surface area (Å²) < 4.78 is 0. The molecule has 1 aliphatic rings. The van der Waals surface area contributed by atoms with Gasteiger partial charge in [0.1, 0.15) is 0 Å². The normalized spacial score (nSPS) is 16.2. The second-order valence-electron chi connectivity index (χ2n) is 4.91. The minimum absolute atomic E-state index is 0.241. The topological polar surface area (TPSA) is 32.3 Å². The fraction of sp³-hybridized carbons (Fsp3) is 0.429. The number of carbonyl (C=O) groups excluding carboxylic acids is 1. The van der Waals surface area contributed by atoms with E-state index in [2.05, 4.69) is 12.2 Å². The minimum Gasteiger partial charge on any atom is -0.349 e. The van der Waals surface area contributed by atoms with Gasteiger partial charge in [0.05, 0.1) is 10.6 Å². The van der Waals surface area contributed by atoms with Gasteiger partial charge in [-0.2, -0.15) is 0 Å². The van der Waals surface area contributed by atoms with Crippen LogP contribution in [0.15, 0.2) is 24.3 Å². The number of carbonyl (C=O) groups is 1. The number of amides is 1. The average Bonchev–Trinajstić information content (AvgIpc) is 2.39. The Morgan fingerprint density at radius 1 is 1.37 bits per heavy atom. The molecule has 1 amide bonds. The second kappa shape index (κ2) is 6.35. The molecular formula is C14H17ClN2OS. The summed E-state index contributed by atoms with van der Waals surface area (Å²) in [6, 6.07) is 6.97. The van der Waals surface area contributed by atoms with Gasteiger partial charge in [-0.15, -0.1) is 0 Å². The van der Waals surface area contributed by atoms with Crippen molar-refractivity contribution in [3.8, 4) is 0 Å². The van der Waals surface area contributed by atoms with Crippen molar-refractivity contribution >= 4 is 34.8 Å². The van der Waals surface area contributed by atoms with Crippen LogP contribution in [0.2, 0.25) is 5.02 Å². The Morgan fingerprint density at radius 2 is 2.00 bits per heavy atom. The van der Waals surface area contributed by atoms with Crippen LogP contribution < -0.4 is 5.32 Å². The number of thiocarbonyl (C=S) groups is 1. The Balaban J connectivity index is 1.96. The van der Waals surface area contributed by atoms with Crippen LogP contribution in [0.3, 0.4) is 0 Å². The first kappa shape index (κ1) is 14.3. The molecule has 1 heterocycles. The quantitative estimate of drug-likeness (QED) is 0.808. The zero-order valence-corrected chi connectivity index (χ0v) is 12.4. The highest BCUT2D eigenvalue weighted by atomic mass is 35.5. The summed E-state index contributed by atoms with van der Waals surface area (Å²) in [5.41, 5.74) is 0.455. The van der Waals surface area contributed by atoms with Crippen molar-refractivity contribution in [2.24, 2.45) is 5.92 Å². The smallest absolute Gasteiger partial charge is 0.258 e. The van der Waals surface area contributed by atoms with Gasteiger partial charge in [-0.25, -0.2) is 0 Å². The highest BCUT2D eigenvalue weighted by Crippen LogP contribution is 2.17. The molecule has 0 saturated carbocycles. The Bertz CT molecular complexity index is 484. The average molecular weight is 297 g/mol. The highest BCUT2D eigenvalue weighted by molar-refractivity contribution is 7.80. The van der Waals surface area contributed by atoms with Gasteiger partial charge in [-0.3, -0.25) is 10.1 Å². The molecule has 1 aromatic rings. The van der Waals surface area contributed by atoms with Gasteiger partial charge in [0, 0.05) is 13.1 Å². The predicted molar refractivity (Wildman–Crippen MR) is 81.5 cm³/mol. The van der Waals surface area contributed by atoms with E-state index in [4.69, 9.17) is 23.8 Å². The number of hydrogen-bond acceptors (Lipinski definition) is 2. The third-order valence-corrected chi connectivity index (χ3v) is 4.10. The Morgan fingerprint density at radius 3 is 2.63 bits per heavy atom. The SMILES string of the molecule is CC1CCN(C(=S)NC(=O)c2ccccc2Cl)CC1. The molecule has 19 heavy (non-hydrogen) atoms. The van der Waals surface area contributed by atoms with Crippen molar-refractivity contribution in [2.75, 3.05) is 13.1 Å². The monoisotopic (exact) mass is 296 g/mol. The first-order valence-electron chi connectivity index (χ1n) is 6.42. The number of likely N-dealkylation sites (tertiary alicyclic amines) is 1. The number of halogens is 1. The summed E-state index contributed by atoms with van der Waals surface area (Å²) in [6.45, 7) is 4.05. The molecule has 2 rings (SSSR count). The van der Waals surface area contributed by atoms with Crippen molar-refractivity contribution < 1.29 is 4.79 Å². The van der Waals surface area contributed by atoms with E-state index < -0.39 is 0 Å². The molecule has 1 saturated heterocycles. The molecule has 0 unspecified atom stereocenters. The maximum atomic E-state index is 12.1. The molecule has 3 nitrogen and oxygen atoms in total. The molecule has 1 N–H and O–H groups in total. The van der Waals surface area contributed by atoms with Gasteiger partial charge >= 0.3 is 0 Å². The van der Waals surface area contributed by atoms with Gasteiger partial charge in [0.2, 0.25) is 0 Å². The molecule has 0 spiro atoms. The lowest BCUT2D eigenvalue weighted by Crippen LogP contribution is -2.46. The molecule has 1 aliphatic heterocycles. The van der Waals surface area contributed by atoms with Gasteiger partial charge in [0.25, 0.3) is 5.91 Å². The van der Waals surface area contributed by atoms with E-state index in [1.54, 1.807) is 24.3 Å². The fourth-order valence-electron chi connectivity index (χ4n) is 2.10. The lowest BCUT2D eigenvalue weighted by atomic mass is 10.00. The van der Waals surface area contributed by atoms with E-state index in [1.807, 2.05) is 4.90 Å². The second-order valence-corrected chi connectivity index (χ2v) is 5.70. The van der Waals surface area contributed by atoms with E-state index in [1.165, 1.54) is 0 Å². The molecular weight excluding hydrogens is 280 g/mol. The Kier molecular flexibility index (Phi) is 4.77. The van der Waals surface area contributed by atoms with Gasteiger partial charge in [-0.1, -0.05) is 30.7 Å². The summed E-state index contributed by atoms with van der Waals surface area (Å²) in [4.78, 5) is 14.1. The van der Waals surface area contributed by atoms with Crippen LogP contribution in [0, 0.1) is 5.92 Å². The van der Waals surface area contributed by atoms with E-state index in [0.29, 0.717) is 15.7 Å². The number of nitrogens with one attached hydrogen (secondary N) is 1. The van der Waals surface area contributed by atoms with Gasteiger partial charge in [-0.05, 0) is 43.1 Å². The minimum atomic E-state index is -0.241. The maximum absolute atomic E-state index is 12.1. The van der Waals surface area contributed by atoms with Crippen LogP contribution in [-0.2, 0) is 0 Å². The Labute approximate surface area is 123 Å². The lowest BCUT2D eigenvalue weighted by molar-refractivity contribution is 0.0972. The summed E-state index contributed by atoms with van der Waals surface area (Å²) >= 11 is 11.3. The molecule has 0 aliphatic carbocycles. The third-order valence-electron chi connectivity index (χ3n) is 3.41. The van der Waals surface area contributed by atoms with Crippen LogP contribution in [0.25, 0.3) is 0 Å². The molecule has 1 aromatic carbocycles. The Hall–Kier alpha value is -1.13. The zero-order valence-electron chi connectivity index (χ0n) is 10.9. The maximum Gasteiger partial charge on any atom is 0.258 e. The highest BCUT2D eigenvalue weighted by Gasteiger charge is 2.20. The number of rotatable bonds is 1. The van der Waals surface area contributed by atoms with Gasteiger partial charge < -0.3 is 4.90 Å². The molecule has 0 bridgehead atoms. The predicted octanol–water partition coefficient (Wildman–Crippen LogP) is 3.09. The molecule has 0 atom stereocenters. The number of benzene rings is 1. The molecule has 5 heteroatoms. The largest absolute Gasteiger partial charge is 0.349 e. The first-order chi connectivity index (χ1) is 9.08. The van der Waals surface area contributed by atoms with Crippen molar-refractivity contribution in [1.82, 2.24) is 10.2 Å². The summed E-state index contributed by atoms with van der Waals surface area (Å²) in [6.07, 6.45) is 2.23. The van der Waals surface area contributed by atoms with Crippen LogP contribution in [-0.4, -0.2) is 29.0 Å². The molecule has 0 radical (unpaired) electrons. The molecule has 102 valence electrons. The van der Waals surface area contributed by atoms with E-state index in [9.17, 15) is 4.79 Å². The lowest BCUT2D eigenvalue weighted by Gasteiger charge is -2.32. The fourth-order valence-corrected chi connectivity index (χ4v) is 2.60. The third kappa shape index (κ3) is 3.67. The van der Waals surface area contributed by atoms with Crippen molar-refractivity contribution in [2.45, 2.75) is 19.8 Å². The molecule has 0 aromatic heterocycles. The van der Waals surface area contributed by atoms with E-state index >= 15 is 0 Å². The van der Waals surface area contributed by atoms with Crippen molar-refractivity contribution in [1.29, 1.82) is 0 Å². The summed E-state index contributed by atoms with van der Waals surface area (Å²) in [7, 11) is 0. The first-order valence-corrected chi connectivity index (χ1v) is 7.21. The van der Waals surface area contributed by atoms with Crippen LogP contribution in [0.1, 0.15) is 30.1 Å². The van der Waals surface area contributed by atoms with E-state index in [0.717, 1.165) is 31.8 Å². The number of hydrogen-bond donors (Lipinski definition) is 1. The van der Waals surface area contributed by atoms with Crippen molar-refractivity contribution in [3.05, 3.63) is 34.9 Å². The number of piperidine rings is 1. The summed E-state index contributed by atoms with van der Waals surface area (Å²) in [5.74, 6) is 0.493. The van der Waals surface area contributed by atoms with Crippen LogP contribution in [0.4, 0.5) is 0 Å². The van der Waals surface area contributed by atoms with Crippen LogP contribution >= 0.6 is 23.8 Å².